The van der Waals surface area contributed by atoms with Gasteiger partial charge < -0.3 is 4.74 Å². The van der Waals surface area contributed by atoms with Gasteiger partial charge in [-0.2, -0.15) is 0 Å². The van der Waals surface area contributed by atoms with Crippen LogP contribution in [0, 0.1) is 5.92 Å². The van der Waals surface area contributed by atoms with Crippen molar-refractivity contribution in [1.82, 2.24) is 0 Å². The minimum absolute atomic E-state index is 0.301. The van der Waals surface area contributed by atoms with E-state index in [1.54, 1.807) is 11.1 Å². The molecule has 4 rings (SSSR count). The summed E-state index contributed by atoms with van der Waals surface area (Å²) in [5.41, 5.74) is 6.56. The van der Waals surface area contributed by atoms with E-state index in [4.69, 9.17) is 4.74 Å². The van der Waals surface area contributed by atoms with E-state index < -0.39 is 0 Å². The van der Waals surface area contributed by atoms with E-state index >= 15 is 0 Å². The summed E-state index contributed by atoms with van der Waals surface area (Å²) in [4.78, 5) is 0. The molecule has 26 heavy (non-hydrogen) atoms. The molecular formula is C25H32O. The van der Waals surface area contributed by atoms with Gasteiger partial charge >= 0.3 is 0 Å². The third kappa shape index (κ3) is 3.47. The molecule has 2 atom stereocenters. The van der Waals surface area contributed by atoms with E-state index in [0.717, 1.165) is 13.2 Å². The first-order chi connectivity index (χ1) is 12.4. The molecule has 0 saturated heterocycles. The van der Waals surface area contributed by atoms with Gasteiger partial charge in [-0.25, -0.2) is 0 Å². The summed E-state index contributed by atoms with van der Waals surface area (Å²) >= 11 is 0. The van der Waals surface area contributed by atoms with Crippen LogP contribution < -0.4 is 0 Å². The van der Waals surface area contributed by atoms with Crippen molar-refractivity contribution < 1.29 is 4.74 Å². The van der Waals surface area contributed by atoms with E-state index in [1.165, 1.54) is 30.4 Å². The van der Waals surface area contributed by atoms with E-state index in [1.807, 2.05) is 0 Å². The first kappa shape index (κ1) is 17.8. The van der Waals surface area contributed by atoms with Crippen molar-refractivity contribution in [3.05, 3.63) is 70.8 Å². The predicted octanol–water partition coefficient (Wildman–Crippen LogP) is 6.36. The fourth-order valence-electron chi connectivity index (χ4n) is 4.58. The molecule has 0 N–H and O–H groups in total. The highest BCUT2D eigenvalue weighted by Crippen LogP contribution is 2.51. The van der Waals surface area contributed by atoms with Crippen molar-refractivity contribution in [2.75, 3.05) is 6.61 Å². The van der Waals surface area contributed by atoms with Gasteiger partial charge in [0.05, 0.1) is 13.2 Å². The van der Waals surface area contributed by atoms with Crippen LogP contribution >= 0.6 is 0 Å². The number of ether oxygens (including phenoxy) is 1. The van der Waals surface area contributed by atoms with Crippen LogP contribution in [-0.4, -0.2) is 6.61 Å². The Bertz CT molecular complexity index is 772. The van der Waals surface area contributed by atoms with Gasteiger partial charge in [0.15, 0.2) is 0 Å². The summed E-state index contributed by atoms with van der Waals surface area (Å²) in [5, 5.41) is 0. The van der Waals surface area contributed by atoms with Crippen LogP contribution in [0.3, 0.4) is 0 Å². The molecule has 2 aliphatic rings. The average molecular weight is 349 g/mol. The van der Waals surface area contributed by atoms with E-state index in [-0.39, 0.29) is 0 Å². The van der Waals surface area contributed by atoms with Crippen molar-refractivity contribution in [1.29, 1.82) is 0 Å². The minimum atomic E-state index is 0.301. The van der Waals surface area contributed by atoms with Crippen LogP contribution in [0.1, 0.15) is 75.1 Å². The Labute approximate surface area is 158 Å². The van der Waals surface area contributed by atoms with Gasteiger partial charge in [0.25, 0.3) is 0 Å². The topological polar surface area (TPSA) is 9.23 Å². The third-order valence-corrected chi connectivity index (χ3v) is 6.67. The lowest BCUT2D eigenvalue weighted by molar-refractivity contribution is 0.110. The van der Waals surface area contributed by atoms with E-state index in [0.29, 0.717) is 22.7 Å². The van der Waals surface area contributed by atoms with Gasteiger partial charge in [-0.1, -0.05) is 76.2 Å². The molecule has 0 bridgehead atoms. The van der Waals surface area contributed by atoms with Crippen LogP contribution in [0.15, 0.2) is 48.5 Å². The molecule has 0 aromatic heterocycles. The molecule has 1 nitrogen and oxygen atoms in total. The van der Waals surface area contributed by atoms with Gasteiger partial charge in [0, 0.05) is 0 Å². The van der Waals surface area contributed by atoms with Crippen molar-refractivity contribution in [2.45, 2.75) is 70.3 Å². The highest BCUT2D eigenvalue weighted by Gasteiger charge is 2.41. The first-order valence-corrected chi connectivity index (χ1v) is 10.1. The second kappa shape index (κ2) is 6.53. The van der Waals surface area contributed by atoms with Gasteiger partial charge in [-0.15, -0.1) is 0 Å². The van der Waals surface area contributed by atoms with Crippen molar-refractivity contribution >= 4 is 0 Å². The first-order valence-electron chi connectivity index (χ1n) is 10.1. The summed E-state index contributed by atoms with van der Waals surface area (Å²) in [7, 11) is 0. The molecule has 2 aromatic rings. The van der Waals surface area contributed by atoms with E-state index in [9.17, 15) is 0 Å². The second-order valence-electron chi connectivity index (χ2n) is 9.68. The average Bonchev–Trinajstić information content (AvgIpc) is 3.39. The van der Waals surface area contributed by atoms with Gasteiger partial charge in [0.2, 0.25) is 0 Å². The van der Waals surface area contributed by atoms with Crippen LogP contribution in [-0.2, 0) is 22.2 Å². The molecule has 0 radical (unpaired) electrons. The Balaban J connectivity index is 1.42. The van der Waals surface area contributed by atoms with Gasteiger partial charge in [0.1, 0.15) is 0 Å². The maximum atomic E-state index is 5.98. The summed E-state index contributed by atoms with van der Waals surface area (Å²) < 4.78 is 5.98. The molecule has 1 fully saturated rings. The summed E-state index contributed by atoms with van der Waals surface area (Å²) in [6, 6.07) is 17.8. The molecule has 2 aromatic carbocycles. The SMILES string of the molecule is CC1(C)CCC(C)(C)c2cc(C3CC3COCc3ccccc3)ccc21. The second-order valence-corrected chi connectivity index (χ2v) is 9.68. The third-order valence-electron chi connectivity index (χ3n) is 6.67. The lowest BCUT2D eigenvalue weighted by Crippen LogP contribution is -2.33. The molecule has 0 spiro atoms. The fourth-order valence-corrected chi connectivity index (χ4v) is 4.58. The zero-order valence-corrected chi connectivity index (χ0v) is 16.7. The molecule has 1 saturated carbocycles. The predicted molar refractivity (Wildman–Crippen MR) is 109 cm³/mol. The smallest absolute Gasteiger partial charge is 0.0717 e. The molecular weight excluding hydrogens is 316 g/mol. The molecule has 0 heterocycles. The minimum Gasteiger partial charge on any atom is -0.376 e. The molecule has 1 heteroatoms. The Morgan fingerprint density at radius 3 is 2.31 bits per heavy atom. The number of hydrogen-bond acceptors (Lipinski definition) is 1. The van der Waals surface area contributed by atoms with Gasteiger partial charge in [-0.05, 0) is 64.2 Å². The zero-order chi connectivity index (χ0) is 18.4. The summed E-state index contributed by atoms with van der Waals surface area (Å²) in [6.07, 6.45) is 3.84. The lowest BCUT2D eigenvalue weighted by Gasteiger charge is -2.42. The molecule has 138 valence electrons. The van der Waals surface area contributed by atoms with Crippen LogP contribution in [0.25, 0.3) is 0 Å². The standard InChI is InChI=1S/C25H32O/c1-24(2)12-13-25(3,4)23-15-19(10-11-22(23)24)21-14-20(21)17-26-16-18-8-6-5-7-9-18/h5-11,15,20-21H,12-14,16-17H2,1-4H3. The van der Waals surface area contributed by atoms with Crippen LogP contribution in [0.5, 0.6) is 0 Å². The maximum absolute atomic E-state index is 5.98. The number of rotatable bonds is 5. The summed E-state index contributed by atoms with van der Waals surface area (Å²) in [6.45, 7) is 11.2. The Morgan fingerprint density at radius 1 is 0.885 bits per heavy atom. The highest BCUT2D eigenvalue weighted by molar-refractivity contribution is 5.45. The lowest BCUT2D eigenvalue weighted by atomic mass is 9.63. The molecule has 2 unspecified atom stereocenters. The van der Waals surface area contributed by atoms with Crippen LogP contribution in [0.4, 0.5) is 0 Å². The Kier molecular flexibility index (Phi) is 4.47. The largest absolute Gasteiger partial charge is 0.376 e. The van der Waals surface area contributed by atoms with Crippen molar-refractivity contribution in [3.8, 4) is 0 Å². The van der Waals surface area contributed by atoms with E-state index in [2.05, 4.69) is 76.2 Å². The summed E-state index contributed by atoms with van der Waals surface area (Å²) in [5.74, 6) is 1.38. The molecule has 2 aliphatic carbocycles. The monoisotopic (exact) mass is 348 g/mol. The van der Waals surface area contributed by atoms with Crippen molar-refractivity contribution in [3.63, 3.8) is 0 Å². The van der Waals surface area contributed by atoms with Crippen molar-refractivity contribution in [2.24, 2.45) is 5.92 Å². The fraction of sp³-hybridized carbons (Fsp3) is 0.520. The quantitative estimate of drug-likeness (QED) is 0.611. The molecule has 0 aliphatic heterocycles. The number of fused-ring (bicyclic) bond motifs is 1. The zero-order valence-electron chi connectivity index (χ0n) is 16.7. The Morgan fingerprint density at radius 2 is 1.58 bits per heavy atom. The molecule has 0 amide bonds. The number of benzene rings is 2. The Hall–Kier alpha value is -1.60. The van der Waals surface area contributed by atoms with Gasteiger partial charge in [-0.3, -0.25) is 0 Å². The maximum Gasteiger partial charge on any atom is 0.0717 e. The highest BCUT2D eigenvalue weighted by atomic mass is 16.5. The van der Waals surface area contributed by atoms with Crippen LogP contribution in [0.2, 0.25) is 0 Å². The normalized spacial score (nSPS) is 25.5. The number of hydrogen-bond donors (Lipinski definition) is 0.